The molecule has 0 radical (unpaired) electrons. The highest BCUT2D eigenvalue weighted by Crippen LogP contribution is 2.12. The van der Waals surface area contributed by atoms with Crippen LogP contribution in [0.3, 0.4) is 0 Å². The Bertz CT molecular complexity index is 393. The van der Waals surface area contributed by atoms with E-state index in [0.29, 0.717) is 17.8 Å². The van der Waals surface area contributed by atoms with Crippen molar-refractivity contribution in [3.8, 4) is 6.07 Å². The number of amides is 1. The third kappa shape index (κ3) is 2.99. The largest absolute Gasteiger partial charge is 0.310 e. The first-order chi connectivity index (χ1) is 7.19. The number of anilines is 1. The summed E-state index contributed by atoms with van der Waals surface area (Å²) in [6.07, 6.45) is 3.82. The van der Waals surface area contributed by atoms with Crippen molar-refractivity contribution in [2.24, 2.45) is 7.05 Å². The van der Waals surface area contributed by atoms with E-state index in [4.69, 9.17) is 5.26 Å². The Balaban J connectivity index is 2.68. The minimum atomic E-state index is -0.0931. The Morgan fingerprint density at radius 3 is 3.13 bits per heavy atom. The molecule has 0 saturated heterocycles. The van der Waals surface area contributed by atoms with Crippen LogP contribution < -0.4 is 5.32 Å². The highest BCUT2D eigenvalue weighted by Gasteiger charge is 2.10. The Morgan fingerprint density at radius 1 is 1.80 bits per heavy atom. The molecule has 0 bridgehead atoms. The van der Waals surface area contributed by atoms with Crippen LogP contribution >= 0.6 is 11.8 Å². The monoisotopic (exact) mass is 224 g/mol. The summed E-state index contributed by atoms with van der Waals surface area (Å²) in [5.41, 5.74) is 0.384. The predicted octanol–water partition coefficient (Wildman–Crippen LogP) is 0.983. The van der Waals surface area contributed by atoms with Gasteiger partial charge >= 0.3 is 0 Å². The highest BCUT2D eigenvalue weighted by atomic mass is 32.2. The second kappa shape index (κ2) is 5.41. The first-order valence-electron chi connectivity index (χ1n) is 4.40. The summed E-state index contributed by atoms with van der Waals surface area (Å²) < 4.78 is 1.48. The Hall–Kier alpha value is -1.48. The van der Waals surface area contributed by atoms with Crippen LogP contribution in [0, 0.1) is 11.3 Å². The predicted molar refractivity (Wildman–Crippen MR) is 59.6 cm³/mol. The number of hydrogen-bond donors (Lipinski definition) is 1. The molecule has 0 spiro atoms. The summed E-state index contributed by atoms with van der Waals surface area (Å²) >= 11 is 1.61. The number of nitrogens with one attached hydrogen (secondary N) is 1. The number of nitriles is 1. The molecule has 15 heavy (non-hydrogen) atoms. The van der Waals surface area contributed by atoms with E-state index in [1.54, 1.807) is 18.8 Å². The number of hydrogen-bond acceptors (Lipinski definition) is 4. The molecule has 1 rings (SSSR count). The van der Waals surface area contributed by atoms with Gasteiger partial charge in [0.2, 0.25) is 5.91 Å². The van der Waals surface area contributed by atoms with Gasteiger partial charge in [0, 0.05) is 19.2 Å². The number of carbonyl (C=O) groups is 1. The average Bonchev–Trinajstić information content (AvgIpc) is 2.57. The van der Waals surface area contributed by atoms with Gasteiger partial charge in [-0.3, -0.25) is 9.48 Å². The van der Waals surface area contributed by atoms with Crippen molar-refractivity contribution in [3.63, 3.8) is 0 Å². The summed E-state index contributed by atoms with van der Waals surface area (Å²) in [4.78, 5) is 11.4. The van der Waals surface area contributed by atoms with Crippen molar-refractivity contribution < 1.29 is 4.79 Å². The van der Waals surface area contributed by atoms with Crippen LogP contribution in [0.1, 0.15) is 12.0 Å². The second-order valence-corrected chi connectivity index (χ2v) is 3.92. The summed E-state index contributed by atoms with van der Waals surface area (Å²) in [6, 6.07) is 1.97. The lowest BCUT2D eigenvalue weighted by atomic mass is 10.3. The van der Waals surface area contributed by atoms with Gasteiger partial charge < -0.3 is 5.32 Å². The van der Waals surface area contributed by atoms with E-state index >= 15 is 0 Å². The molecule has 0 aromatic carbocycles. The lowest BCUT2D eigenvalue weighted by Gasteiger charge is -2.04. The lowest BCUT2D eigenvalue weighted by Crippen LogP contribution is -2.15. The Morgan fingerprint density at radius 2 is 2.53 bits per heavy atom. The van der Waals surface area contributed by atoms with Gasteiger partial charge in [-0.1, -0.05) is 0 Å². The van der Waals surface area contributed by atoms with Gasteiger partial charge in [-0.2, -0.15) is 22.1 Å². The minimum Gasteiger partial charge on any atom is -0.310 e. The summed E-state index contributed by atoms with van der Waals surface area (Å²) in [6.45, 7) is 0. The van der Waals surface area contributed by atoms with Crippen molar-refractivity contribution in [1.82, 2.24) is 9.78 Å². The van der Waals surface area contributed by atoms with Crippen LogP contribution in [0.15, 0.2) is 6.20 Å². The Kier molecular flexibility index (Phi) is 4.18. The molecule has 0 unspecified atom stereocenters. The highest BCUT2D eigenvalue weighted by molar-refractivity contribution is 7.98. The van der Waals surface area contributed by atoms with Crippen LogP contribution in [-0.4, -0.2) is 27.7 Å². The fourth-order valence-electron chi connectivity index (χ4n) is 1.06. The fraction of sp³-hybridized carbons (Fsp3) is 0.444. The van der Waals surface area contributed by atoms with Crippen molar-refractivity contribution >= 4 is 23.5 Å². The maximum Gasteiger partial charge on any atom is 0.226 e. The van der Waals surface area contributed by atoms with Crippen molar-refractivity contribution in [2.75, 3.05) is 17.3 Å². The summed E-state index contributed by atoms with van der Waals surface area (Å²) in [5.74, 6) is 1.14. The molecule has 5 nitrogen and oxygen atoms in total. The minimum absolute atomic E-state index is 0.0931. The van der Waals surface area contributed by atoms with Crippen molar-refractivity contribution in [1.29, 1.82) is 5.26 Å². The maximum absolute atomic E-state index is 11.4. The standard InChI is InChI=1S/C9H12N4OS/c1-13-9(7(5-10)6-11-13)12-8(14)3-4-15-2/h6H,3-4H2,1-2H3,(H,12,14). The number of thioether (sulfide) groups is 1. The average molecular weight is 224 g/mol. The van der Waals surface area contributed by atoms with Gasteiger partial charge in [0.1, 0.15) is 17.5 Å². The molecule has 1 aromatic heterocycles. The van der Waals surface area contributed by atoms with E-state index in [1.165, 1.54) is 10.9 Å². The first-order valence-corrected chi connectivity index (χ1v) is 5.79. The van der Waals surface area contributed by atoms with Crippen molar-refractivity contribution in [2.45, 2.75) is 6.42 Å². The maximum atomic E-state index is 11.4. The molecule has 0 aliphatic carbocycles. The molecule has 6 heteroatoms. The number of nitrogens with zero attached hydrogens (tertiary/aromatic N) is 3. The van der Waals surface area contributed by atoms with E-state index in [0.717, 1.165) is 5.75 Å². The van der Waals surface area contributed by atoms with Crippen LogP contribution in [0.5, 0.6) is 0 Å². The molecule has 0 aliphatic heterocycles. The third-order valence-electron chi connectivity index (χ3n) is 1.85. The zero-order valence-electron chi connectivity index (χ0n) is 8.65. The van der Waals surface area contributed by atoms with E-state index in [1.807, 2.05) is 12.3 Å². The second-order valence-electron chi connectivity index (χ2n) is 2.93. The van der Waals surface area contributed by atoms with E-state index < -0.39 is 0 Å². The molecule has 1 aromatic rings. The van der Waals surface area contributed by atoms with Gasteiger partial charge in [-0.05, 0) is 6.26 Å². The zero-order chi connectivity index (χ0) is 11.3. The summed E-state index contributed by atoms with van der Waals surface area (Å²) in [5, 5.41) is 15.3. The van der Waals surface area contributed by atoms with Crippen LogP contribution in [-0.2, 0) is 11.8 Å². The normalized spacial score (nSPS) is 9.67. The molecular formula is C9H12N4OS. The number of aryl methyl sites for hydroxylation is 1. The van der Waals surface area contributed by atoms with E-state index in [2.05, 4.69) is 10.4 Å². The number of rotatable bonds is 4. The van der Waals surface area contributed by atoms with Gasteiger partial charge in [0.15, 0.2) is 0 Å². The third-order valence-corrected chi connectivity index (χ3v) is 2.46. The smallest absolute Gasteiger partial charge is 0.226 e. The molecule has 1 N–H and O–H groups in total. The summed E-state index contributed by atoms with van der Waals surface area (Å²) in [7, 11) is 1.69. The van der Waals surface area contributed by atoms with Gasteiger partial charge in [0.05, 0.1) is 6.20 Å². The van der Waals surface area contributed by atoms with E-state index in [9.17, 15) is 4.79 Å². The Labute approximate surface area is 92.5 Å². The first kappa shape index (κ1) is 11.6. The lowest BCUT2D eigenvalue weighted by molar-refractivity contribution is -0.115. The molecule has 1 heterocycles. The van der Waals surface area contributed by atoms with E-state index in [-0.39, 0.29) is 5.91 Å². The van der Waals surface area contributed by atoms with Gasteiger partial charge in [-0.25, -0.2) is 0 Å². The van der Waals surface area contributed by atoms with Crippen molar-refractivity contribution in [3.05, 3.63) is 11.8 Å². The fourth-order valence-corrected chi connectivity index (χ4v) is 1.45. The number of aromatic nitrogens is 2. The molecule has 0 aliphatic rings. The molecule has 0 fully saturated rings. The molecule has 80 valence electrons. The zero-order valence-corrected chi connectivity index (χ0v) is 9.47. The van der Waals surface area contributed by atoms with Crippen LogP contribution in [0.2, 0.25) is 0 Å². The molecule has 0 atom stereocenters. The number of carbonyl (C=O) groups excluding carboxylic acids is 1. The molecule has 0 saturated carbocycles. The molecular weight excluding hydrogens is 212 g/mol. The van der Waals surface area contributed by atoms with Crippen LogP contribution in [0.25, 0.3) is 0 Å². The van der Waals surface area contributed by atoms with Gasteiger partial charge in [0.25, 0.3) is 0 Å². The quantitative estimate of drug-likeness (QED) is 0.827. The van der Waals surface area contributed by atoms with Crippen LogP contribution in [0.4, 0.5) is 5.82 Å². The molecule has 1 amide bonds. The van der Waals surface area contributed by atoms with Gasteiger partial charge in [-0.15, -0.1) is 0 Å². The topological polar surface area (TPSA) is 70.7 Å². The SMILES string of the molecule is CSCCC(=O)Nc1c(C#N)cnn1C.